The van der Waals surface area contributed by atoms with Crippen LogP contribution < -0.4 is 5.32 Å². The van der Waals surface area contributed by atoms with Crippen molar-refractivity contribution in [2.45, 2.75) is 38.1 Å². The number of para-hydroxylation sites is 1. The van der Waals surface area contributed by atoms with Crippen LogP contribution in [0.25, 0.3) is 22.2 Å². The van der Waals surface area contributed by atoms with Crippen LogP contribution in [0.2, 0.25) is 0 Å². The number of H-pyrrole nitrogens is 1. The molecule has 2 aromatic carbocycles. The molecule has 1 fully saturated rings. The van der Waals surface area contributed by atoms with E-state index in [2.05, 4.69) is 10.3 Å². The Labute approximate surface area is 167 Å². The van der Waals surface area contributed by atoms with Gasteiger partial charge in [-0.1, -0.05) is 18.2 Å². The molecule has 1 aliphatic rings. The third kappa shape index (κ3) is 4.16. The molecule has 1 heterocycles. The second-order valence-electron chi connectivity index (χ2n) is 7.64. The minimum absolute atomic E-state index is 0.0665. The monoisotopic (exact) mass is 394 g/mol. The molecule has 3 N–H and O–H groups in total. The minimum atomic E-state index is -0.788. The number of rotatable bonds is 6. The topological polar surface area (TPSA) is 82.2 Å². The van der Waals surface area contributed by atoms with E-state index < -0.39 is 5.97 Å². The van der Waals surface area contributed by atoms with E-state index in [1.165, 1.54) is 12.1 Å². The number of aromatic amines is 1. The maximum absolute atomic E-state index is 13.3. The van der Waals surface area contributed by atoms with Gasteiger partial charge in [-0.3, -0.25) is 9.59 Å². The van der Waals surface area contributed by atoms with Gasteiger partial charge < -0.3 is 15.4 Å². The van der Waals surface area contributed by atoms with Crippen LogP contribution >= 0.6 is 0 Å². The lowest BCUT2D eigenvalue weighted by molar-refractivity contribution is -0.141. The SMILES string of the molecule is O=C(CCc1c(-c2ccc(F)cc2)[nH]c2ccccc12)N[C@H]1CC[C@@H](C(=O)O)C1. The number of amides is 1. The summed E-state index contributed by atoms with van der Waals surface area (Å²) in [6, 6.07) is 14.1. The Morgan fingerprint density at radius 2 is 1.86 bits per heavy atom. The summed E-state index contributed by atoms with van der Waals surface area (Å²) in [6.45, 7) is 0. The van der Waals surface area contributed by atoms with Crippen LogP contribution in [-0.4, -0.2) is 28.0 Å². The number of aryl methyl sites for hydroxylation is 1. The molecule has 5 nitrogen and oxygen atoms in total. The first-order valence-corrected chi connectivity index (χ1v) is 9.89. The molecule has 1 saturated carbocycles. The number of carboxylic acids is 1. The number of aliphatic carboxylic acids is 1. The molecule has 4 rings (SSSR count). The zero-order valence-electron chi connectivity index (χ0n) is 16.0. The van der Waals surface area contributed by atoms with Gasteiger partial charge in [-0.15, -0.1) is 0 Å². The number of halogens is 1. The van der Waals surface area contributed by atoms with Crippen molar-refractivity contribution in [3.63, 3.8) is 0 Å². The molecule has 0 radical (unpaired) electrons. The highest BCUT2D eigenvalue weighted by atomic mass is 19.1. The van der Waals surface area contributed by atoms with Crippen molar-refractivity contribution in [3.8, 4) is 11.3 Å². The second kappa shape index (κ2) is 8.07. The highest BCUT2D eigenvalue weighted by Gasteiger charge is 2.30. The van der Waals surface area contributed by atoms with E-state index in [1.54, 1.807) is 12.1 Å². The van der Waals surface area contributed by atoms with Gasteiger partial charge in [0.05, 0.1) is 5.92 Å². The summed E-state index contributed by atoms with van der Waals surface area (Å²) in [7, 11) is 0. The van der Waals surface area contributed by atoms with Gasteiger partial charge in [-0.2, -0.15) is 0 Å². The number of benzene rings is 2. The maximum Gasteiger partial charge on any atom is 0.306 e. The molecule has 1 aliphatic carbocycles. The van der Waals surface area contributed by atoms with Gasteiger partial charge in [-0.25, -0.2) is 4.39 Å². The molecule has 0 aliphatic heterocycles. The van der Waals surface area contributed by atoms with E-state index in [9.17, 15) is 14.0 Å². The Balaban J connectivity index is 1.50. The van der Waals surface area contributed by atoms with Gasteiger partial charge >= 0.3 is 5.97 Å². The summed E-state index contributed by atoms with van der Waals surface area (Å²) in [4.78, 5) is 27.0. The van der Waals surface area contributed by atoms with E-state index >= 15 is 0 Å². The van der Waals surface area contributed by atoms with E-state index in [0.29, 0.717) is 32.1 Å². The van der Waals surface area contributed by atoms with Crippen molar-refractivity contribution in [1.29, 1.82) is 0 Å². The average Bonchev–Trinajstić information content (AvgIpc) is 3.32. The molecule has 29 heavy (non-hydrogen) atoms. The fourth-order valence-electron chi connectivity index (χ4n) is 4.20. The van der Waals surface area contributed by atoms with E-state index in [-0.39, 0.29) is 23.7 Å². The summed E-state index contributed by atoms with van der Waals surface area (Å²) in [6.07, 6.45) is 2.66. The molecule has 150 valence electrons. The van der Waals surface area contributed by atoms with Crippen molar-refractivity contribution in [2.75, 3.05) is 0 Å². The number of carboxylic acid groups (broad SMARTS) is 1. The number of hydrogen-bond acceptors (Lipinski definition) is 2. The van der Waals surface area contributed by atoms with Crippen LogP contribution in [0.15, 0.2) is 48.5 Å². The number of carbonyl (C=O) groups is 2. The lowest BCUT2D eigenvalue weighted by Crippen LogP contribution is -2.33. The maximum atomic E-state index is 13.3. The van der Waals surface area contributed by atoms with Gasteiger partial charge in [0.15, 0.2) is 0 Å². The quantitative estimate of drug-likeness (QED) is 0.584. The smallest absolute Gasteiger partial charge is 0.306 e. The third-order valence-electron chi connectivity index (χ3n) is 5.70. The molecular weight excluding hydrogens is 371 g/mol. The normalized spacial score (nSPS) is 18.8. The third-order valence-corrected chi connectivity index (χ3v) is 5.70. The van der Waals surface area contributed by atoms with E-state index in [4.69, 9.17) is 5.11 Å². The Morgan fingerprint density at radius 1 is 1.10 bits per heavy atom. The largest absolute Gasteiger partial charge is 0.481 e. The lowest BCUT2D eigenvalue weighted by atomic mass is 10.0. The second-order valence-corrected chi connectivity index (χ2v) is 7.64. The van der Waals surface area contributed by atoms with Gasteiger partial charge in [0.2, 0.25) is 5.91 Å². The Bertz CT molecular complexity index is 1040. The summed E-state index contributed by atoms with van der Waals surface area (Å²) >= 11 is 0. The average molecular weight is 394 g/mol. The van der Waals surface area contributed by atoms with Crippen LogP contribution in [0.5, 0.6) is 0 Å². The Kier molecular flexibility index (Phi) is 5.34. The number of fused-ring (bicyclic) bond motifs is 1. The summed E-state index contributed by atoms with van der Waals surface area (Å²) in [5, 5.41) is 13.1. The van der Waals surface area contributed by atoms with Crippen molar-refractivity contribution >= 4 is 22.8 Å². The molecule has 6 heteroatoms. The molecule has 2 atom stereocenters. The number of aromatic nitrogens is 1. The van der Waals surface area contributed by atoms with Crippen molar-refractivity contribution < 1.29 is 19.1 Å². The summed E-state index contributed by atoms with van der Waals surface area (Å²) in [5.74, 6) is -1.51. The zero-order chi connectivity index (χ0) is 20.4. The van der Waals surface area contributed by atoms with Crippen LogP contribution in [0.4, 0.5) is 4.39 Å². The van der Waals surface area contributed by atoms with Crippen LogP contribution in [0.3, 0.4) is 0 Å². The molecular formula is C23H23FN2O3. The van der Waals surface area contributed by atoms with Gasteiger partial charge in [0, 0.05) is 29.1 Å². The van der Waals surface area contributed by atoms with Crippen LogP contribution in [0, 0.1) is 11.7 Å². The molecule has 0 spiro atoms. The lowest BCUT2D eigenvalue weighted by Gasteiger charge is -2.13. The molecule has 0 saturated heterocycles. The van der Waals surface area contributed by atoms with Crippen molar-refractivity contribution in [3.05, 3.63) is 59.9 Å². The first-order chi connectivity index (χ1) is 14.0. The highest BCUT2D eigenvalue weighted by Crippen LogP contribution is 2.31. The molecule has 1 amide bonds. The van der Waals surface area contributed by atoms with Crippen molar-refractivity contribution in [2.24, 2.45) is 5.92 Å². The van der Waals surface area contributed by atoms with Gasteiger partial charge in [0.1, 0.15) is 5.82 Å². The van der Waals surface area contributed by atoms with E-state index in [0.717, 1.165) is 27.7 Å². The molecule has 3 aromatic rings. The minimum Gasteiger partial charge on any atom is -0.481 e. The first kappa shape index (κ1) is 19.2. The number of hydrogen-bond donors (Lipinski definition) is 3. The molecule has 0 unspecified atom stereocenters. The predicted molar refractivity (Wildman–Crippen MR) is 109 cm³/mol. The highest BCUT2D eigenvalue weighted by molar-refractivity contribution is 5.91. The fourth-order valence-corrected chi connectivity index (χ4v) is 4.20. The Morgan fingerprint density at radius 3 is 2.59 bits per heavy atom. The van der Waals surface area contributed by atoms with Crippen LogP contribution in [-0.2, 0) is 16.0 Å². The first-order valence-electron chi connectivity index (χ1n) is 9.89. The fraction of sp³-hybridized carbons (Fsp3) is 0.304. The van der Waals surface area contributed by atoms with E-state index in [1.807, 2.05) is 24.3 Å². The zero-order valence-corrected chi connectivity index (χ0v) is 16.0. The van der Waals surface area contributed by atoms with Crippen LogP contribution in [0.1, 0.15) is 31.2 Å². The summed E-state index contributed by atoms with van der Waals surface area (Å²) < 4.78 is 13.3. The molecule has 1 aromatic heterocycles. The standard InChI is InChI=1S/C23H23FN2O3/c24-16-8-5-14(6-9-16)22-19(18-3-1-2-4-20(18)26-22)11-12-21(27)25-17-10-7-15(13-17)23(28)29/h1-6,8-9,15,17,26H,7,10-13H2,(H,25,27)(H,28,29)/t15-,17+/m1/s1. The number of carbonyl (C=O) groups excluding carboxylic acids is 1. The Hall–Kier alpha value is -3.15. The molecule has 0 bridgehead atoms. The van der Waals surface area contributed by atoms with Gasteiger partial charge in [0.25, 0.3) is 0 Å². The predicted octanol–water partition coefficient (Wildman–Crippen LogP) is 4.28. The van der Waals surface area contributed by atoms with Crippen molar-refractivity contribution in [1.82, 2.24) is 10.3 Å². The number of nitrogens with one attached hydrogen (secondary N) is 2. The van der Waals surface area contributed by atoms with Gasteiger partial charge in [-0.05, 0) is 67.1 Å². The summed E-state index contributed by atoms with van der Waals surface area (Å²) in [5.41, 5.74) is 3.77.